The van der Waals surface area contributed by atoms with Gasteiger partial charge in [0.15, 0.2) is 0 Å². The van der Waals surface area contributed by atoms with Gasteiger partial charge in [-0.2, -0.15) is 0 Å². The first-order chi connectivity index (χ1) is 16.4. The van der Waals surface area contributed by atoms with Gasteiger partial charge in [0.25, 0.3) is 5.91 Å². The van der Waals surface area contributed by atoms with Crippen LogP contribution in [0.4, 0.5) is 0 Å². The average Bonchev–Trinajstić information content (AvgIpc) is 3.30. The smallest absolute Gasteiger partial charge is 0.253 e. The summed E-state index contributed by atoms with van der Waals surface area (Å²) in [5.41, 5.74) is 1.79. The molecule has 0 N–H and O–H groups in total. The number of halogens is 2. The Kier molecular flexibility index (Phi) is 8.24. The van der Waals surface area contributed by atoms with Gasteiger partial charge in [-0.15, -0.1) is 10.2 Å². The molecule has 180 valence electrons. The van der Waals surface area contributed by atoms with E-state index < -0.39 is 0 Å². The number of hydrogen-bond donors (Lipinski definition) is 0. The van der Waals surface area contributed by atoms with Crippen LogP contribution in [0.2, 0.25) is 10.0 Å². The van der Waals surface area contributed by atoms with E-state index in [9.17, 15) is 4.79 Å². The molecule has 1 unspecified atom stereocenters. The summed E-state index contributed by atoms with van der Waals surface area (Å²) in [5.74, 6) is 1.87. The quantitative estimate of drug-likeness (QED) is 0.390. The zero-order valence-electron chi connectivity index (χ0n) is 19.6. The van der Waals surface area contributed by atoms with Crippen LogP contribution in [0.25, 0.3) is 0 Å². The molecule has 2 aromatic carbocycles. The van der Waals surface area contributed by atoms with E-state index in [1.54, 1.807) is 4.90 Å². The third-order valence-electron chi connectivity index (χ3n) is 6.55. The average molecular weight is 501 g/mol. The highest BCUT2D eigenvalue weighted by Gasteiger charge is 2.26. The van der Waals surface area contributed by atoms with Crippen LogP contribution in [-0.4, -0.2) is 59.1 Å². The van der Waals surface area contributed by atoms with Gasteiger partial charge in [0.1, 0.15) is 0 Å². The zero-order valence-corrected chi connectivity index (χ0v) is 21.1. The molecule has 1 saturated heterocycles. The lowest BCUT2D eigenvalue weighted by molar-refractivity contribution is 0.0781. The van der Waals surface area contributed by atoms with Gasteiger partial charge in [0, 0.05) is 37.9 Å². The first-order valence-electron chi connectivity index (χ1n) is 11.7. The second kappa shape index (κ2) is 11.3. The summed E-state index contributed by atoms with van der Waals surface area (Å²) in [5, 5.41) is 9.25. The molecule has 1 aliphatic rings. The van der Waals surface area contributed by atoms with Crippen molar-refractivity contribution >= 4 is 29.1 Å². The molecule has 0 spiro atoms. The van der Waals surface area contributed by atoms with Crippen molar-refractivity contribution in [1.29, 1.82) is 0 Å². The van der Waals surface area contributed by atoms with Gasteiger partial charge >= 0.3 is 0 Å². The monoisotopic (exact) mass is 500 g/mol. The third-order valence-corrected chi connectivity index (χ3v) is 7.29. The Balaban J connectivity index is 1.40. The third kappa shape index (κ3) is 6.17. The molecule has 6 nitrogen and oxygen atoms in total. The summed E-state index contributed by atoms with van der Waals surface area (Å²) in [6, 6.07) is 15.2. The fraction of sp³-hybridized carbons (Fsp3) is 0.423. The van der Waals surface area contributed by atoms with Crippen LogP contribution >= 0.6 is 23.2 Å². The normalized spacial score (nSPS) is 15.9. The minimum absolute atomic E-state index is 0.0151. The topological polar surface area (TPSA) is 62.5 Å². The van der Waals surface area contributed by atoms with Crippen LogP contribution in [0.15, 0.2) is 52.9 Å². The number of piperidine rings is 1. The second-order valence-corrected chi connectivity index (χ2v) is 9.80. The lowest BCUT2D eigenvalue weighted by Gasteiger charge is -2.32. The predicted octanol–water partition coefficient (Wildman–Crippen LogP) is 5.81. The Morgan fingerprint density at radius 2 is 1.85 bits per heavy atom. The number of likely N-dealkylation sites (N-methyl/N-ethyl adjacent to an activating group) is 1. The number of nitrogens with zero attached hydrogens (tertiary/aromatic N) is 4. The van der Waals surface area contributed by atoms with Crippen LogP contribution in [0, 0.1) is 6.92 Å². The van der Waals surface area contributed by atoms with E-state index >= 15 is 0 Å². The van der Waals surface area contributed by atoms with Crippen molar-refractivity contribution in [3.05, 3.63) is 81.5 Å². The highest BCUT2D eigenvalue weighted by atomic mass is 35.5. The Hall–Kier alpha value is -2.41. The number of carbonyl (C=O) groups excluding carboxylic acids is 1. The van der Waals surface area contributed by atoms with Crippen molar-refractivity contribution in [2.24, 2.45) is 0 Å². The van der Waals surface area contributed by atoms with Crippen LogP contribution in [0.1, 0.15) is 58.8 Å². The maximum Gasteiger partial charge on any atom is 0.253 e. The lowest BCUT2D eigenvalue weighted by Crippen LogP contribution is -2.36. The molecule has 0 bridgehead atoms. The molecule has 4 rings (SSSR count). The summed E-state index contributed by atoms with van der Waals surface area (Å²) in [6.07, 6.45) is 2.92. The van der Waals surface area contributed by atoms with Gasteiger partial charge in [-0.25, -0.2) is 0 Å². The summed E-state index contributed by atoms with van der Waals surface area (Å²) < 4.78 is 5.64. The Bertz CT molecular complexity index is 1100. The molecule has 0 aliphatic carbocycles. The molecular formula is C26H30Cl2N4O2. The highest BCUT2D eigenvalue weighted by molar-refractivity contribution is 6.42. The van der Waals surface area contributed by atoms with Gasteiger partial charge in [0.05, 0.1) is 10.0 Å². The van der Waals surface area contributed by atoms with Gasteiger partial charge in [-0.1, -0.05) is 47.5 Å². The van der Waals surface area contributed by atoms with Gasteiger partial charge in [-0.3, -0.25) is 4.79 Å². The van der Waals surface area contributed by atoms with E-state index in [1.807, 2.05) is 62.5 Å². The molecule has 1 amide bonds. The van der Waals surface area contributed by atoms with Crippen LogP contribution in [0.3, 0.4) is 0 Å². The van der Waals surface area contributed by atoms with E-state index in [-0.39, 0.29) is 11.8 Å². The number of carbonyl (C=O) groups is 1. The van der Waals surface area contributed by atoms with Crippen molar-refractivity contribution in [2.75, 3.05) is 33.2 Å². The van der Waals surface area contributed by atoms with Gasteiger partial charge in [-0.05, 0) is 68.7 Å². The van der Waals surface area contributed by atoms with E-state index in [2.05, 4.69) is 15.1 Å². The fourth-order valence-corrected chi connectivity index (χ4v) is 4.87. The maximum atomic E-state index is 13.0. The minimum Gasteiger partial charge on any atom is -0.425 e. The van der Waals surface area contributed by atoms with Crippen molar-refractivity contribution in [2.45, 2.75) is 38.0 Å². The molecule has 1 atom stereocenters. The maximum absolute atomic E-state index is 13.0. The number of hydrogen-bond acceptors (Lipinski definition) is 5. The summed E-state index contributed by atoms with van der Waals surface area (Å²) in [6.45, 7) is 5.34. The number of aromatic nitrogens is 2. The molecular weight excluding hydrogens is 471 g/mol. The van der Waals surface area contributed by atoms with Crippen molar-refractivity contribution in [3.63, 3.8) is 0 Å². The van der Waals surface area contributed by atoms with Gasteiger partial charge < -0.3 is 14.2 Å². The first kappa shape index (κ1) is 24.7. The predicted molar refractivity (Wildman–Crippen MR) is 135 cm³/mol. The Morgan fingerprint density at radius 1 is 1.12 bits per heavy atom. The number of likely N-dealkylation sites (tertiary alicyclic amines) is 1. The van der Waals surface area contributed by atoms with Crippen LogP contribution in [-0.2, 0) is 0 Å². The van der Waals surface area contributed by atoms with Crippen LogP contribution < -0.4 is 0 Å². The van der Waals surface area contributed by atoms with Crippen molar-refractivity contribution in [1.82, 2.24) is 20.0 Å². The largest absolute Gasteiger partial charge is 0.425 e. The summed E-state index contributed by atoms with van der Waals surface area (Å²) in [4.78, 5) is 17.2. The molecule has 1 aliphatic heterocycles. The number of amides is 1. The van der Waals surface area contributed by atoms with Gasteiger partial charge in [0.2, 0.25) is 11.8 Å². The summed E-state index contributed by atoms with van der Waals surface area (Å²) in [7, 11) is 1.86. The molecule has 0 radical (unpaired) electrons. The second-order valence-electron chi connectivity index (χ2n) is 8.99. The van der Waals surface area contributed by atoms with E-state index in [0.717, 1.165) is 50.4 Å². The molecule has 1 aromatic heterocycles. The standard InChI is InChI=1S/C26H30Cl2N4O2/c1-18-29-30-25(34-18)19-10-13-32(14-11-19)15-12-22(21-8-9-23(27)24(28)16-21)17-31(2)26(33)20-6-4-3-5-7-20/h3-9,16,19,22H,10-15,17H2,1-2H3. The fourth-order valence-electron chi connectivity index (χ4n) is 4.56. The first-order valence-corrected chi connectivity index (χ1v) is 12.4. The lowest BCUT2D eigenvalue weighted by atomic mass is 9.93. The van der Waals surface area contributed by atoms with Crippen molar-refractivity contribution < 1.29 is 9.21 Å². The Morgan fingerprint density at radius 3 is 2.50 bits per heavy atom. The number of aryl methyl sites for hydroxylation is 1. The molecule has 3 aromatic rings. The highest BCUT2D eigenvalue weighted by Crippen LogP contribution is 2.31. The molecule has 1 fully saturated rings. The van der Waals surface area contributed by atoms with E-state index in [1.165, 1.54) is 0 Å². The molecule has 2 heterocycles. The summed E-state index contributed by atoms with van der Waals surface area (Å²) >= 11 is 12.5. The number of rotatable bonds is 8. The SMILES string of the molecule is Cc1nnc(C2CCN(CCC(CN(C)C(=O)c3ccccc3)c3ccc(Cl)c(Cl)c3)CC2)o1. The van der Waals surface area contributed by atoms with E-state index in [4.69, 9.17) is 27.6 Å². The van der Waals surface area contributed by atoms with Crippen LogP contribution in [0.5, 0.6) is 0 Å². The van der Waals surface area contributed by atoms with Crippen molar-refractivity contribution in [3.8, 4) is 0 Å². The number of benzene rings is 2. The Labute approximate surface area is 210 Å². The molecule has 34 heavy (non-hydrogen) atoms. The van der Waals surface area contributed by atoms with E-state index in [0.29, 0.717) is 34.0 Å². The molecule has 0 saturated carbocycles. The minimum atomic E-state index is 0.0151. The zero-order chi connectivity index (χ0) is 24.1. The molecule has 8 heteroatoms.